The summed E-state index contributed by atoms with van der Waals surface area (Å²) < 4.78 is 11.4. The van der Waals surface area contributed by atoms with Gasteiger partial charge >= 0.3 is 0 Å². The molecule has 136 valence electrons. The lowest BCUT2D eigenvalue weighted by Crippen LogP contribution is -2.20. The molecule has 0 unspecified atom stereocenters. The maximum atomic E-state index is 12.1. The van der Waals surface area contributed by atoms with Crippen molar-refractivity contribution in [3.8, 4) is 23.6 Å². The Kier molecular flexibility index (Phi) is 6.99. The number of nitriles is 2. The zero-order valence-corrected chi connectivity index (χ0v) is 16.3. The SMILES string of the molecule is COc1cc(C=C(C#N)C#N)cc(Br)c1OCC(=O)Nc1ccc(C)cc1. The van der Waals surface area contributed by atoms with Crippen molar-refractivity contribution in [2.45, 2.75) is 6.92 Å². The molecule has 7 heteroatoms. The molecule has 0 spiro atoms. The number of carbonyl (C=O) groups is 1. The van der Waals surface area contributed by atoms with E-state index in [1.54, 1.807) is 24.3 Å². The molecule has 0 aliphatic heterocycles. The number of ether oxygens (including phenoxy) is 2. The summed E-state index contributed by atoms with van der Waals surface area (Å²) in [7, 11) is 1.46. The molecule has 2 aromatic rings. The Hall–Kier alpha value is -3.29. The zero-order chi connectivity index (χ0) is 19.8. The number of methoxy groups -OCH3 is 1. The molecule has 0 saturated carbocycles. The normalized spacial score (nSPS) is 9.52. The van der Waals surface area contributed by atoms with E-state index in [4.69, 9.17) is 20.0 Å². The maximum absolute atomic E-state index is 12.1. The van der Waals surface area contributed by atoms with E-state index in [1.165, 1.54) is 13.2 Å². The molecule has 27 heavy (non-hydrogen) atoms. The summed E-state index contributed by atoms with van der Waals surface area (Å²) in [5.41, 5.74) is 2.34. The molecule has 2 rings (SSSR count). The number of benzene rings is 2. The highest BCUT2D eigenvalue weighted by molar-refractivity contribution is 9.10. The quantitative estimate of drug-likeness (QED) is 0.699. The number of aryl methyl sites for hydroxylation is 1. The number of rotatable bonds is 6. The van der Waals surface area contributed by atoms with Crippen molar-refractivity contribution in [3.63, 3.8) is 0 Å². The number of hydrogen-bond acceptors (Lipinski definition) is 5. The van der Waals surface area contributed by atoms with E-state index in [2.05, 4.69) is 21.2 Å². The lowest BCUT2D eigenvalue weighted by Gasteiger charge is -2.13. The van der Waals surface area contributed by atoms with E-state index in [0.717, 1.165) is 5.56 Å². The van der Waals surface area contributed by atoms with E-state index >= 15 is 0 Å². The van der Waals surface area contributed by atoms with Gasteiger partial charge in [-0.3, -0.25) is 4.79 Å². The average molecular weight is 426 g/mol. The number of amides is 1. The number of allylic oxidation sites excluding steroid dienone is 1. The molecule has 0 aliphatic rings. The summed E-state index contributed by atoms with van der Waals surface area (Å²) in [6.45, 7) is 1.76. The van der Waals surface area contributed by atoms with Gasteiger partial charge in [0.25, 0.3) is 5.91 Å². The lowest BCUT2D eigenvalue weighted by atomic mass is 10.1. The Labute approximate surface area is 165 Å². The molecule has 0 aromatic heterocycles. The number of nitrogens with one attached hydrogen (secondary N) is 1. The molecular formula is C20H16BrN3O3. The van der Waals surface area contributed by atoms with Crippen LogP contribution in [0.4, 0.5) is 5.69 Å². The van der Waals surface area contributed by atoms with Crippen molar-refractivity contribution in [1.29, 1.82) is 10.5 Å². The van der Waals surface area contributed by atoms with Gasteiger partial charge in [0.1, 0.15) is 17.7 Å². The number of hydrogen-bond donors (Lipinski definition) is 1. The van der Waals surface area contributed by atoms with Crippen LogP contribution < -0.4 is 14.8 Å². The van der Waals surface area contributed by atoms with E-state index in [0.29, 0.717) is 27.2 Å². The predicted molar refractivity (Wildman–Crippen MR) is 105 cm³/mol. The van der Waals surface area contributed by atoms with Gasteiger partial charge in [-0.2, -0.15) is 10.5 Å². The van der Waals surface area contributed by atoms with Gasteiger partial charge in [0.15, 0.2) is 18.1 Å². The first-order chi connectivity index (χ1) is 13.0. The number of carbonyl (C=O) groups excluding carboxylic acids is 1. The van der Waals surface area contributed by atoms with E-state index < -0.39 is 0 Å². The molecule has 1 amide bonds. The van der Waals surface area contributed by atoms with Crippen molar-refractivity contribution >= 4 is 33.6 Å². The molecule has 0 aliphatic carbocycles. The Bertz CT molecular complexity index is 938. The van der Waals surface area contributed by atoms with Crippen LogP contribution in [0.1, 0.15) is 11.1 Å². The molecule has 0 heterocycles. The summed E-state index contributed by atoms with van der Waals surface area (Å²) >= 11 is 3.37. The Morgan fingerprint density at radius 1 is 1.22 bits per heavy atom. The summed E-state index contributed by atoms with van der Waals surface area (Å²) in [6, 6.07) is 14.3. The molecular weight excluding hydrogens is 410 g/mol. The zero-order valence-electron chi connectivity index (χ0n) is 14.7. The van der Waals surface area contributed by atoms with Gasteiger partial charge in [-0.05, 0) is 58.8 Å². The van der Waals surface area contributed by atoms with Crippen LogP contribution in [0.3, 0.4) is 0 Å². The second kappa shape index (κ2) is 9.42. The summed E-state index contributed by atoms with van der Waals surface area (Å²) in [5, 5.41) is 20.5. The topological polar surface area (TPSA) is 95.1 Å². The second-order valence-electron chi connectivity index (χ2n) is 5.52. The summed E-state index contributed by atoms with van der Waals surface area (Å²) in [5.74, 6) is 0.409. The lowest BCUT2D eigenvalue weighted by molar-refractivity contribution is -0.118. The molecule has 0 fully saturated rings. The smallest absolute Gasteiger partial charge is 0.262 e. The van der Waals surface area contributed by atoms with Crippen molar-refractivity contribution in [3.05, 3.63) is 57.6 Å². The van der Waals surface area contributed by atoms with E-state index in [9.17, 15) is 4.79 Å². The van der Waals surface area contributed by atoms with Crippen LogP contribution in [-0.2, 0) is 4.79 Å². The van der Waals surface area contributed by atoms with Crippen LogP contribution in [0.25, 0.3) is 6.08 Å². The number of halogens is 1. The minimum atomic E-state index is -0.312. The highest BCUT2D eigenvalue weighted by atomic mass is 79.9. The molecule has 0 atom stereocenters. The van der Waals surface area contributed by atoms with Crippen LogP contribution in [0, 0.1) is 29.6 Å². The van der Waals surface area contributed by atoms with Crippen molar-refractivity contribution < 1.29 is 14.3 Å². The monoisotopic (exact) mass is 425 g/mol. The first kappa shape index (κ1) is 20.0. The minimum Gasteiger partial charge on any atom is -0.493 e. The molecule has 0 radical (unpaired) electrons. The molecule has 6 nitrogen and oxygen atoms in total. The van der Waals surface area contributed by atoms with Gasteiger partial charge in [0.05, 0.1) is 11.6 Å². The predicted octanol–water partition coefficient (Wildman–Crippen LogP) is 4.21. The van der Waals surface area contributed by atoms with Gasteiger partial charge in [-0.25, -0.2) is 0 Å². The minimum absolute atomic E-state index is 0.0323. The third-order valence-corrected chi connectivity index (χ3v) is 4.08. The fourth-order valence-electron chi connectivity index (χ4n) is 2.19. The molecule has 0 saturated heterocycles. The molecule has 1 N–H and O–H groups in total. The third kappa shape index (κ3) is 5.60. The summed E-state index contributed by atoms with van der Waals surface area (Å²) in [4.78, 5) is 12.1. The Morgan fingerprint density at radius 2 is 1.89 bits per heavy atom. The van der Waals surface area contributed by atoms with Gasteiger partial charge in [0.2, 0.25) is 0 Å². The molecule has 2 aromatic carbocycles. The molecule has 0 bridgehead atoms. The Balaban J connectivity index is 2.13. The fourth-order valence-corrected chi connectivity index (χ4v) is 2.77. The van der Waals surface area contributed by atoms with Crippen molar-refractivity contribution in [2.75, 3.05) is 19.0 Å². The second-order valence-corrected chi connectivity index (χ2v) is 6.37. The Morgan fingerprint density at radius 3 is 2.48 bits per heavy atom. The van der Waals surface area contributed by atoms with Gasteiger partial charge in [-0.1, -0.05) is 17.7 Å². The van der Waals surface area contributed by atoms with E-state index in [-0.39, 0.29) is 18.1 Å². The highest BCUT2D eigenvalue weighted by Gasteiger charge is 2.13. The maximum Gasteiger partial charge on any atom is 0.262 e. The van der Waals surface area contributed by atoms with Crippen LogP contribution in [0.2, 0.25) is 0 Å². The first-order valence-electron chi connectivity index (χ1n) is 7.85. The van der Waals surface area contributed by atoms with Crippen LogP contribution >= 0.6 is 15.9 Å². The average Bonchev–Trinajstić information content (AvgIpc) is 2.66. The van der Waals surface area contributed by atoms with Gasteiger partial charge < -0.3 is 14.8 Å². The highest BCUT2D eigenvalue weighted by Crippen LogP contribution is 2.37. The fraction of sp³-hybridized carbons (Fsp3) is 0.150. The summed E-state index contributed by atoms with van der Waals surface area (Å²) in [6.07, 6.45) is 1.43. The van der Waals surface area contributed by atoms with Gasteiger partial charge in [0, 0.05) is 5.69 Å². The van der Waals surface area contributed by atoms with Crippen LogP contribution in [-0.4, -0.2) is 19.6 Å². The third-order valence-electron chi connectivity index (χ3n) is 3.49. The largest absolute Gasteiger partial charge is 0.493 e. The van der Waals surface area contributed by atoms with Crippen LogP contribution in [0.15, 0.2) is 46.4 Å². The number of anilines is 1. The number of nitrogens with zero attached hydrogens (tertiary/aromatic N) is 2. The van der Waals surface area contributed by atoms with Crippen molar-refractivity contribution in [1.82, 2.24) is 0 Å². The van der Waals surface area contributed by atoms with E-state index in [1.807, 2.05) is 31.2 Å². The van der Waals surface area contributed by atoms with Crippen molar-refractivity contribution in [2.24, 2.45) is 0 Å². The van der Waals surface area contributed by atoms with Crippen LogP contribution in [0.5, 0.6) is 11.5 Å². The first-order valence-corrected chi connectivity index (χ1v) is 8.65. The van der Waals surface area contributed by atoms with Gasteiger partial charge in [-0.15, -0.1) is 0 Å². The standard InChI is InChI=1S/C20H16BrN3O3/c1-13-3-5-16(6-4-13)24-19(25)12-27-20-17(21)8-14(9-18(20)26-2)7-15(10-22)11-23/h3-9H,12H2,1-2H3,(H,24,25).